The van der Waals surface area contributed by atoms with E-state index in [1.54, 1.807) is 24.4 Å². The summed E-state index contributed by atoms with van der Waals surface area (Å²) in [6, 6.07) is 10.8. The van der Waals surface area contributed by atoms with E-state index < -0.39 is 10.0 Å². The first kappa shape index (κ1) is 20.5. The van der Waals surface area contributed by atoms with Crippen molar-refractivity contribution in [2.75, 3.05) is 36.4 Å². The van der Waals surface area contributed by atoms with Crippen LogP contribution in [0.4, 0.5) is 11.8 Å². The molecular weight excluding hydrogens is 400 g/mol. The molecule has 158 valence electrons. The van der Waals surface area contributed by atoms with Crippen LogP contribution < -0.4 is 14.9 Å². The Morgan fingerprint density at radius 3 is 2.67 bits per heavy atom. The number of sulfonamides is 1. The van der Waals surface area contributed by atoms with Crippen LogP contribution in [-0.4, -0.2) is 49.5 Å². The Kier molecular flexibility index (Phi) is 6.10. The number of pyridine rings is 1. The number of benzene rings is 1. The van der Waals surface area contributed by atoms with E-state index in [1.165, 1.54) is 19.3 Å². The van der Waals surface area contributed by atoms with Crippen LogP contribution in [0.2, 0.25) is 0 Å². The SMILES string of the molecule is Cc1cc(N2CCCCC2)nc(NCCNS(=O)(=O)c2cccc3cccnc23)n1. The van der Waals surface area contributed by atoms with Crippen molar-refractivity contribution in [3.63, 3.8) is 0 Å². The Balaban J connectivity index is 1.39. The number of hydrogen-bond acceptors (Lipinski definition) is 7. The maximum Gasteiger partial charge on any atom is 0.242 e. The topological polar surface area (TPSA) is 100 Å². The number of aryl methyl sites for hydroxylation is 1. The number of rotatable bonds is 7. The molecule has 0 bridgehead atoms. The van der Waals surface area contributed by atoms with Crippen molar-refractivity contribution in [1.82, 2.24) is 19.7 Å². The molecule has 1 aliphatic heterocycles. The summed E-state index contributed by atoms with van der Waals surface area (Å²) in [5.41, 5.74) is 1.35. The third kappa shape index (κ3) is 4.68. The molecule has 0 amide bonds. The molecule has 1 fully saturated rings. The fraction of sp³-hybridized carbons (Fsp3) is 0.381. The lowest BCUT2D eigenvalue weighted by atomic mass is 10.1. The molecule has 8 nitrogen and oxygen atoms in total. The summed E-state index contributed by atoms with van der Waals surface area (Å²) in [6.45, 7) is 4.54. The zero-order chi connectivity index (χ0) is 21.0. The number of hydrogen-bond donors (Lipinski definition) is 2. The Morgan fingerprint density at radius 1 is 1.03 bits per heavy atom. The second-order valence-corrected chi connectivity index (χ2v) is 9.13. The zero-order valence-corrected chi connectivity index (χ0v) is 17.8. The highest BCUT2D eigenvalue weighted by atomic mass is 32.2. The number of nitrogens with one attached hydrogen (secondary N) is 2. The highest BCUT2D eigenvalue weighted by molar-refractivity contribution is 7.89. The number of piperidine rings is 1. The van der Waals surface area contributed by atoms with Gasteiger partial charge in [0.2, 0.25) is 16.0 Å². The second-order valence-electron chi connectivity index (χ2n) is 7.39. The van der Waals surface area contributed by atoms with Gasteiger partial charge in [-0.05, 0) is 38.3 Å². The molecule has 9 heteroatoms. The molecule has 1 saturated heterocycles. The van der Waals surface area contributed by atoms with Crippen molar-refractivity contribution in [1.29, 1.82) is 0 Å². The molecule has 0 spiro atoms. The minimum Gasteiger partial charge on any atom is -0.356 e. The summed E-state index contributed by atoms with van der Waals surface area (Å²) in [7, 11) is -3.68. The zero-order valence-electron chi connectivity index (χ0n) is 17.0. The third-order valence-corrected chi connectivity index (χ3v) is 6.60. The molecule has 3 aromatic rings. The summed E-state index contributed by atoms with van der Waals surface area (Å²) in [5.74, 6) is 1.44. The number of fused-ring (bicyclic) bond motifs is 1. The van der Waals surface area contributed by atoms with Crippen LogP contribution in [0.25, 0.3) is 10.9 Å². The molecule has 1 aromatic carbocycles. The lowest BCUT2D eigenvalue weighted by Gasteiger charge is -2.28. The van der Waals surface area contributed by atoms with Gasteiger partial charge in [0, 0.05) is 49.5 Å². The Labute approximate surface area is 176 Å². The van der Waals surface area contributed by atoms with E-state index in [4.69, 9.17) is 0 Å². The highest BCUT2D eigenvalue weighted by Gasteiger charge is 2.18. The normalized spacial score (nSPS) is 14.8. The van der Waals surface area contributed by atoms with Crippen molar-refractivity contribution in [3.8, 4) is 0 Å². The summed E-state index contributed by atoms with van der Waals surface area (Å²) in [5, 5.41) is 3.92. The largest absolute Gasteiger partial charge is 0.356 e. The van der Waals surface area contributed by atoms with E-state index in [1.807, 2.05) is 25.1 Å². The van der Waals surface area contributed by atoms with Gasteiger partial charge in [-0.25, -0.2) is 18.1 Å². The Hall–Kier alpha value is -2.78. The van der Waals surface area contributed by atoms with E-state index in [0.717, 1.165) is 30.0 Å². The van der Waals surface area contributed by atoms with Crippen molar-refractivity contribution in [3.05, 3.63) is 48.3 Å². The predicted molar refractivity (Wildman–Crippen MR) is 118 cm³/mol. The quantitative estimate of drug-likeness (QED) is 0.560. The van der Waals surface area contributed by atoms with Gasteiger partial charge in [0.25, 0.3) is 0 Å². The van der Waals surface area contributed by atoms with Crippen LogP contribution in [0, 0.1) is 6.92 Å². The van der Waals surface area contributed by atoms with Gasteiger partial charge in [-0.15, -0.1) is 0 Å². The molecular formula is C21H26N6O2S. The molecule has 4 rings (SSSR count). The van der Waals surface area contributed by atoms with Gasteiger partial charge in [-0.3, -0.25) is 4.98 Å². The summed E-state index contributed by atoms with van der Waals surface area (Å²) >= 11 is 0. The molecule has 0 atom stereocenters. The first-order chi connectivity index (χ1) is 14.5. The fourth-order valence-corrected chi connectivity index (χ4v) is 4.86. The monoisotopic (exact) mass is 426 g/mol. The molecule has 0 unspecified atom stereocenters. The molecule has 2 N–H and O–H groups in total. The van der Waals surface area contributed by atoms with Crippen LogP contribution in [0.3, 0.4) is 0 Å². The first-order valence-corrected chi connectivity index (χ1v) is 11.7. The van der Waals surface area contributed by atoms with Crippen molar-refractivity contribution >= 4 is 32.7 Å². The average Bonchev–Trinajstić information content (AvgIpc) is 2.76. The van der Waals surface area contributed by atoms with Gasteiger partial charge >= 0.3 is 0 Å². The van der Waals surface area contributed by atoms with Gasteiger partial charge in [0.05, 0.1) is 5.52 Å². The number of para-hydroxylation sites is 1. The van der Waals surface area contributed by atoms with Gasteiger partial charge in [-0.2, -0.15) is 4.98 Å². The number of anilines is 2. The van der Waals surface area contributed by atoms with Crippen LogP contribution >= 0.6 is 0 Å². The lowest BCUT2D eigenvalue weighted by Crippen LogP contribution is -2.31. The van der Waals surface area contributed by atoms with Gasteiger partial charge < -0.3 is 10.2 Å². The Bertz CT molecular complexity index is 1120. The Morgan fingerprint density at radius 2 is 1.83 bits per heavy atom. The molecule has 0 aliphatic carbocycles. The van der Waals surface area contributed by atoms with Crippen LogP contribution in [0.1, 0.15) is 25.0 Å². The first-order valence-electron chi connectivity index (χ1n) is 10.2. The van der Waals surface area contributed by atoms with E-state index in [-0.39, 0.29) is 11.4 Å². The maximum absolute atomic E-state index is 12.8. The predicted octanol–water partition coefficient (Wildman–Crippen LogP) is 2.71. The molecule has 2 aromatic heterocycles. The highest BCUT2D eigenvalue weighted by Crippen LogP contribution is 2.21. The van der Waals surface area contributed by atoms with Gasteiger partial charge in [0.1, 0.15) is 10.7 Å². The summed E-state index contributed by atoms with van der Waals surface area (Å²) < 4.78 is 28.1. The van der Waals surface area contributed by atoms with E-state index in [9.17, 15) is 8.42 Å². The molecule has 0 saturated carbocycles. The fourth-order valence-electron chi connectivity index (χ4n) is 3.65. The summed E-state index contributed by atoms with van der Waals surface area (Å²) in [6.07, 6.45) is 5.21. The van der Waals surface area contributed by atoms with Crippen LogP contribution in [-0.2, 0) is 10.0 Å². The molecule has 0 radical (unpaired) electrons. The third-order valence-electron chi connectivity index (χ3n) is 5.11. The number of aromatic nitrogens is 3. The standard InChI is InChI=1S/C21H26N6O2S/c1-16-15-19(27-13-3-2-4-14-27)26-21(25-16)23-11-12-24-30(28,29)18-9-5-7-17-8-6-10-22-20(17)18/h5-10,15,24H,2-4,11-14H2,1H3,(H,23,25,26). The average molecular weight is 427 g/mol. The van der Waals surface area contributed by atoms with E-state index in [2.05, 4.69) is 29.9 Å². The molecule has 1 aliphatic rings. The van der Waals surface area contributed by atoms with Gasteiger partial charge in [0.15, 0.2) is 0 Å². The summed E-state index contributed by atoms with van der Waals surface area (Å²) in [4.78, 5) is 15.7. The van der Waals surface area contributed by atoms with Crippen molar-refractivity contribution in [2.45, 2.75) is 31.1 Å². The minimum atomic E-state index is -3.68. The van der Waals surface area contributed by atoms with Crippen LogP contribution in [0.5, 0.6) is 0 Å². The molecule has 30 heavy (non-hydrogen) atoms. The van der Waals surface area contributed by atoms with Gasteiger partial charge in [-0.1, -0.05) is 18.2 Å². The van der Waals surface area contributed by atoms with Crippen LogP contribution in [0.15, 0.2) is 47.5 Å². The molecule has 3 heterocycles. The van der Waals surface area contributed by atoms with E-state index >= 15 is 0 Å². The lowest BCUT2D eigenvalue weighted by molar-refractivity contribution is 0.573. The van der Waals surface area contributed by atoms with Crippen molar-refractivity contribution < 1.29 is 8.42 Å². The minimum absolute atomic E-state index is 0.180. The maximum atomic E-state index is 12.8. The van der Waals surface area contributed by atoms with Crippen molar-refractivity contribution in [2.24, 2.45) is 0 Å². The smallest absolute Gasteiger partial charge is 0.242 e. The number of nitrogens with zero attached hydrogens (tertiary/aromatic N) is 4. The van der Waals surface area contributed by atoms with E-state index in [0.29, 0.717) is 18.0 Å². The second kappa shape index (κ2) is 8.93.